The topological polar surface area (TPSA) is 67.4 Å². The highest BCUT2D eigenvalue weighted by atomic mass is 32.1. The molecule has 0 aliphatic rings. The van der Waals surface area contributed by atoms with E-state index in [1.165, 1.54) is 29.6 Å². The number of rotatable bonds is 8. The molecular formula is C16H15F3N2O3S. The Hall–Kier alpha value is -2.55. The lowest BCUT2D eigenvalue weighted by Gasteiger charge is -2.08. The van der Waals surface area contributed by atoms with E-state index in [1.807, 2.05) is 0 Å². The van der Waals surface area contributed by atoms with Gasteiger partial charge < -0.3 is 15.4 Å². The van der Waals surface area contributed by atoms with Crippen molar-refractivity contribution in [2.75, 3.05) is 13.1 Å². The maximum atomic E-state index is 13.0. The van der Waals surface area contributed by atoms with E-state index in [1.54, 1.807) is 6.07 Å². The second kappa shape index (κ2) is 9.07. The number of thiophene rings is 1. The Balaban J connectivity index is 1.73. The Morgan fingerprint density at radius 3 is 2.64 bits per heavy atom. The lowest BCUT2D eigenvalue weighted by molar-refractivity contribution is -0.120. The van der Waals surface area contributed by atoms with Gasteiger partial charge >= 0.3 is 6.61 Å². The highest BCUT2D eigenvalue weighted by Crippen LogP contribution is 2.26. The molecule has 0 radical (unpaired) electrons. The zero-order valence-electron chi connectivity index (χ0n) is 12.9. The summed E-state index contributed by atoms with van der Waals surface area (Å²) < 4.78 is 41.7. The first-order chi connectivity index (χ1) is 12.0. The summed E-state index contributed by atoms with van der Waals surface area (Å²) in [5, 5.41) is 6.54. The molecule has 5 nitrogen and oxygen atoms in total. The molecule has 2 amide bonds. The highest BCUT2D eigenvalue weighted by Gasteiger charge is 2.17. The molecule has 25 heavy (non-hydrogen) atoms. The van der Waals surface area contributed by atoms with Gasteiger partial charge in [0.05, 0.1) is 6.42 Å². The summed E-state index contributed by atoms with van der Waals surface area (Å²) in [7, 11) is 0. The van der Waals surface area contributed by atoms with E-state index >= 15 is 0 Å². The van der Waals surface area contributed by atoms with Crippen molar-refractivity contribution in [1.82, 2.24) is 10.6 Å². The van der Waals surface area contributed by atoms with E-state index in [4.69, 9.17) is 0 Å². The normalized spacial score (nSPS) is 10.6. The van der Waals surface area contributed by atoms with Gasteiger partial charge in [0.25, 0.3) is 5.91 Å². The molecule has 2 N–H and O–H groups in total. The van der Waals surface area contributed by atoms with E-state index < -0.39 is 18.3 Å². The van der Waals surface area contributed by atoms with Crippen LogP contribution in [0.1, 0.15) is 15.2 Å². The van der Waals surface area contributed by atoms with E-state index in [-0.39, 0.29) is 36.0 Å². The highest BCUT2D eigenvalue weighted by molar-refractivity contribution is 7.12. The molecule has 0 unspecified atom stereocenters. The second-order valence-corrected chi connectivity index (χ2v) is 5.82. The van der Waals surface area contributed by atoms with Gasteiger partial charge in [-0.2, -0.15) is 8.78 Å². The van der Waals surface area contributed by atoms with Crippen LogP contribution in [0.25, 0.3) is 0 Å². The first-order valence-corrected chi connectivity index (χ1v) is 8.15. The quantitative estimate of drug-likeness (QED) is 0.700. The van der Waals surface area contributed by atoms with Crippen LogP contribution in [0.4, 0.5) is 13.2 Å². The molecule has 1 aromatic carbocycles. The fourth-order valence-electron chi connectivity index (χ4n) is 2.00. The molecule has 2 aromatic rings. The van der Waals surface area contributed by atoms with E-state index in [0.29, 0.717) is 5.56 Å². The molecule has 0 bridgehead atoms. The fourth-order valence-corrected chi connectivity index (χ4v) is 2.74. The number of halogens is 3. The minimum Gasteiger partial charge on any atom is -0.433 e. The van der Waals surface area contributed by atoms with Crippen molar-refractivity contribution < 1.29 is 27.5 Å². The minimum atomic E-state index is -3.01. The van der Waals surface area contributed by atoms with Crippen LogP contribution in [0.2, 0.25) is 0 Å². The molecule has 0 aliphatic carbocycles. The lowest BCUT2D eigenvalue weighted by atomic mass is 10.1. The molecule has 9 heteroatoms. The number of benzene rings is 1. The van der Waals surface area contributed by atoms with Crippen LogP contribution in [0.15, 0.2) is 35.7 Å². The summed E-state index contributed by atoms with van der Waals surface area (Å²) in [4.78, 5) is 23.7. The largest absolute Gasteiger partial charge is 0.433 e. The van der Waals surface area contributed by atoms with Gasteiger partial charge in [0.15, 0.2) is 0 Å². The monoisotopic (exact) mass is 372 g/mol. The van der Waals surface area contributed by atoms with Gasteiger partial charge in [0, 0.05) is 13.1 Å². The van der Waals surface area contributed by atoms with E-state index in [9.17, 15) is 22.8 Å². The van der Waals surface area contributed by atoms with E-state index in [2.05, 4.69) is 15.4 Å². The van der Waals surface area contributed by atoms with Crippen LogP contribution >= 0.6 is 11.3 Å². The number of carbonyl (C=O) groups is 2. The molecule has 1 aromatic heterocycles. The van der Waals surface area contributed by atoms with Crippen LogP contribution in [0.3, 0.4) is 0 Å². The first kappa shape index (κ1) is 18.8. The maximum Gasteiger partial charge on any atom is 0.387 e. The van der Waals surface area contributed by atoms with Crippen molar-refractivity contribution in [3.8, 4) is 5.75 Å². The number of ether oxygens (including phenoxy) is 1. The Morgan fingerprint density at radius 2 is 1.92 bits per heavy atom. The average Bonchev–Trinajstić information content (AvgIpc) is 2.98. The predicted octanol–water partition coefficient (Wildman–Crippen LogP) is 2.58. The summed E-state index contributed by atoms with van der Waals surface area (Å²) in [6.07, 6.45) is 0.0169. The van der Waals surface area contributed by atoms with Crippen LogP contribution in [0.5, 0.6) is 5.75 Å². The van der Waals surface area contributed by atoms with Gasteiger partial charge in [-0.3, -0.25) is 9.59 Å². The van der Waals surface area contributed by atoms with Crippen molar-refractivity contribution >= 4 is 23.2 Å². The number of alkyl halides is 2. The summed E-state index contributed by atoms with van der Waals surface area (Å²) in [6, 6.07) is 6.98. The summed E-state index contributed by atoms with van der Waals surface area (Å²) in [5.74, 6) is -1.49. The SMILES string of the molecule is O=C(Cc1cccc(F)c1)NCCNC(=O)c1sccc1OC(F)F. The number of amides is 2. The van der Waals surface area contributed by atoms with Gasteiger partial charge in [0.1, 0.15) is 16.4 Å². The number of carbonyl (C=O) groups excluding carboxylic acids is 2. The Kier molecular flexibility index (Phi) is 6.81. The minimum absolute atomic E-state index is 0.0169. The van der Waals surface area contributed by atoms with Gasteiger partial charge in [0.2, 0.25) is 5.91 Å². The third-order valence-corrected chi connectivity index (χ3v) is 3.93. The van der Waals surface area contributed by atoms with Crippen LogP contribution < -0.4 is 15.4 Å². The summed E-state index contributed by atoms with van der Waals surface area (Å²) in [6.45, 7) is -2.75. The van der Waals surface area contributed by atoms with Crippen molar-refractivity contribution in [2.24, 2.45) is 0 Å². The van der Waals surface area contributed by atoms with Crippen molar-refractivity contribution in [3.63, 3.8) is 0 Å². The zero-order valence-corrected chi connectivity index (χ0v) is 13.7. The summed E-state index contributed by atoms with van der Waals surface area (Å²) in [5.41, 5.74) is 0.536. The molecule has 1 heterocycles. The van der Waals surface area contributed by atoms with Crippen molar-refractivity contribution in [2.45, 2.75) is 13.0 Å². The third kappa shape index (κ3) is 6.11. The molecule has 134 valence electrons. The maximum absolute atomic E-state index is 13.0. The number of hydrogen-bond donors (Lipinski definition) is 2. The second-order valence-electron chi connectivity index (χ2n) is 4.91. The van der Waals surface area contributed by atoms with Crippen LogP contribution in [-0.4, -0.2) is 31.5 Å². The van der Waals surface area contributed by atoms with Crippen LogP contribution in [-0.2, 0) is 11.2 Å². The average molecular weight is 372 g/mol. The number of hydrogen-bond acceptors (Lipinski definition) is 4. The van der Waals surface area contributed by atoms with Crippen LogP contribution in [0, 0.1) is 5.82 Å². The van der Waals surface area contributed by atoms with Crippen molar-refractivity contribution in [3.05, 3.63) is 52.0 Å². The fraction of sp³-hybridized carbons (Fsp3) is 0.250. The molecule has 0 atom stereocenters. The molecule has 0 spiro atoms. The zero-order chi connectivity index (χ0) is 18.2. The van der Waals surface area contributed by atoms with Gasteiger partial charge in [-0.05, 0) is 29.1 Å². The molecular weight excluding hydrogens is 357 g/mol. The third-order valence-electron chi connectivity index (χ3n) is 3.04. The molecule has 2 rings (SSSR count). The Bertz CT molecular complexity index is 737. The molecule has 0 saturated heterocycles. The number of nitrogens with one attached hydrogen (secondary N) is 2. The lowest BCUT2D eigenvalue weighted by Crippen LogP contribution is -2.35. The Labute approximate surface area is 145 Å². The Morgan fingerprint density at radius 1 is 1.16 bits per heavy atom. The van der Waals surface area contributed by atoms with E-state index in [0.717, 1.165) is 11.3 Å². The molecule has 0 saturated carbocycles. The first-order valence-electron chi connectivity index (χ1n) is 7.27. The van der Waals surface area contributed by atoms with Gasteiger partial charge in [-0.15, -0.1) is 11.3 Å². The molecule has 0 fully saturated rings. The van der Waals surface area contributed by atoms with Gasteiger partial charge in [-0.1, -0.05) is 12.1 Å². The van der Waals surface area contributed by atoms with Crippen molar-refractivity contribution in [1.29, 1.82) is 0 Å². The summed E-state index contributed by atoms with van der Waals surface area (Å²) >= 11 is 0.974. The standard InChI is InChI=1S/C16H15F3N2O3S/c17-11-3-1-2-10(8-11)9-13(22)20-5-6-21-15(23)14-12(4-7-25-14)24-16(18)19/h1-4,7-8,16H,5-6,9H2,(H,20,22)(H,21,23). The van der Waals surface area contributed by atoms with Gasteiger partial charge in [-0.25, -0.2) is 4.39 Å². The predicted molar refractivity (Wildman–Crippen MR) is 86.4 cm³/mol. The molecule has 0 aliphatic heterocycles. The smallest absolute Gasteiger partial charge is 0.387 e.